The normalized spacial score (nSPS) is 10.5. The third-order valence-electron chi connectivity index (χ3n) is 2.52. The number of nitro benzene ring substituents is 1. The summed E-state index contributed by atoms with van der Waals surface area (Å²) in [6.07, 6.45) is 0. The van der Waals surface area contributed by atoms with Crippen LogP contribution in [0.1, 0.15) is 0 Å². The number of carbonyl (C=O) groups excluding carboxylic acids is 1. The van der Waals surface area contributed by atoms with E-state index in [1.807, 2.05) is 19.0 Å². The van der Waals surface area contributed by atoms with Crippen LogP contribution in [0.2, 0.25) is 0 Å². The lowest BCUT2D eigenvalue weighted by Gasteiger charge is -2.15. The van der Waals surface area contributed by atoms with Crippen LogP contribution in [0.4, 0.5) is 11.4 Å². The van der Waals surface area contributed by atoms with E-state index in [1.165, 1.54) is 24.3 Å². The van der Waals surface area contributed by atoms with Crippen LogP contribution in [-0.4, -0.2) is 49.5 Å². The molecule has 104 valence electrons. The summed E-state index contributed by atoms with van der Waals surface area (Å²) in [5.41, 5.74) is 0.557. The highest BCUT2D eigenvalue weighted by Crippen LogP contribution is 2.15. The Balaban J connectivity index is 2.45. The van der Waals surface area contributed by atoms with Gasteiger partial charge < -0.3 is 10.6 Å². The average Bonchev–Trinajstić information content (AvgIpc) is 2.36. The largest absolute Gasteiger partial charge is 0.325 e. The highest BCUT2D eigenvalue weighted by Gasteiger charge is 2.08. The Bertz CT molecular complexity index is 433. The Kier molecular flexibility index (Phi) is 5.91. The third kappa shape index (κ3) is 5.45. The fourth-order valence-electron chi connectivity index (χ4n) is 1.49. The zero-order valence-corrected chi connectivity index (χ0v) is 11.0. The number of non-ortho nitro benzene ring substituents is 1. The van der Waals surface area contributed by atoms with Crippen molar-refractivity contribution in [1.29, 1.82) is 0 Å². The van der Waals surface area contributed by atoms with Crippen molar-refractivity contribution in [3.63, 3.8) is 0 Å². The van der Waals surface area contributed by atoms with Crippen LogP contribution < -0.4 is 10.6 Å². The molecule has 19 heavy (non-hydrogen) atoms. The maximum atomic E-state index is 11.7. The lowest BCUT2D eigenvalue weighted by Crippen LogP contribution is -2.34. The van der Waals surface area contributed by atoms with Gasteiger partial charge in [0, 0.05) is 30.9 Å². The molecule has 7 heteroatoms. The number of amides is 1. The van der Waals surface area contributed by atoms with Crippen molar-refractivity contribution in [3.8, 4) is 0 Å². The zero-order chi connectivity index (χ0) is 14.3. The smallest absolute Gasteiger partial charge is 0.269 e. The molecule has 0 aliphatic carbocycles. The molecule has 1 amide bonds. The van der Waals surface area contributed by atoms with Gasteiger partial charge in [0.2, 0.25) is 5.91 Å². The van der Waals surface area contributed by atoms with Crippen molar-refractivity contribution >= 4 is 17.3 Å². The molecule has 0 saturated carbocycles. The molecule has 0 spiro atoms. The van der Waals surface area contributed by atoms with Crippen molar-refractivity contribution in [2.75, 3.05) is 39.0 Å². The van der Waals surface area contributed by atoms with Gasteiger partial charge in [-0.1, -0.05) is 0 Å². The molecule has 0 saturated heterocycles. The summed E-state index contributed by atoms with van der Waals surface area (Å²) in [5.74, 6) is -0.146. The molecule has 0 aromatic heterocycles. The topological polar surface area (TPSA) is 87.5 Å². The van der Waals surface area contributed by atoms with E-state index in [0.717, 1.165) is 13.1 Å². The third-order valence-corrected chi connectivity index (χ3v) is 2.52. The molecule has 0 heterocycles. The predicted octanol–water partition coefficient (Wildman–Crippen LogP) is 0.685. The second-order valence-corrected chi connectivity index (χ2v) is 4.19. The number of anilines is 1. The maximum Gasteiger partial charge on any atom is 0.269 e. The van der Waals surface area contributed by atoms with E-state index in [-0.39, 0.29) is 18.1 Å². The number of nitrogens with zero attached hydrogens (tertiary/aromatic N) is 2. The summed E-state index contributed by atoms with van der Waals surface area (Å²) in [4.78, 5) is 23.6. The molecule has 0 unspecified atom stereocenters. The quantitative estimate of drug-likeness (QED) is 0.560. The first kappa shape index (κ1) is 15.1. The molecule has 7 nitrogen and oxygen atoms in total. The molecule has 1 aromatic rings. The second kappa shape index (κ2) is 7.45. The van der Waals surface area contributed by atoms with Crippen molar-refractivity contribution in [2.45, 2.75) is 0 Å². The first-order chi connectivity index (χ1) is 9.02. The Morgan fingerprint density at radius 1 is 1.37 bits per heavy atom. The minimum Gasteiger partial charge on any atom is -0.325 e. The summed E-state index contributed by atoms with van der Waals surface area (Å²) in [7, 11) is 3.71. The first-order valence-electron chi connectivity index (χ1n) is 5.90. The molecule has 0 atom stereocenters. The average molecular weight is 266 g/mol. The monoisotopic (exact) mass is 266 g/mol. The second-order valence-electron chi connectivity index (χ2n) is 4.19. The van der Waals surface area contributed by atoms with Crippen molar-refractivity contribution in [1.82, 2.24) is 10.2 Å². The predicted molar refractivity (Wildman–Crippen MR) is 73.1 cm³/mol. The molecule has 1 rings (SSSR count). The number of nitrogens with one attached hydrogen (secondary N) is 2. The number of carbonyl (C=O) groups is 1. The molecular weight excluding hydrogens is 248 g/mol. The van der Waals surface area contributed by atoms with Crippen LogP contribution in [0.25, 0.3) is 0 Å². The molecular formula is C12H18N4O3. The Morgan fingerprint density at radius 2 is 2.00 bits per heavy atom. The Morgan fingerprint density at radius 3 is 2.53 bits per heavy atom. The SMILES string of the molecule is CNCCN(C)CC(=O)Nc1ccc([N+](=O)[O-])cc1. The van der Waals surface area contributed by atoms with Crippen molar-refractivity contribution in [2.24, 2.45) is 0 Å². The van der Waals surface area contributed by atoms with Crippen LogP contribution in [0.3, 0.4) is 0 Å². The number of benzene rings is 1. The summed E-state index contributed by atoms with van der Waals surface area (Å²) in [5, 5.41) is 16.2. The van der Waals surface area contributed by atoms with Crippen LogP contribution in [0.15, 0.2) is 24.3 Å². The van der Waals surface area contributed by atoms with Crippen LogP contribution >= 0.6 is 0 Å². The summed E-state index contributed by atoms with van der Waals surface area (Å²) < 4.78 is 0. The summed E-state index contributed by atoms with van der Waals surface area (Å²) in [6.45, 7) is 1.85. The number of hydrogen-bond acceptors (Lipinski definition) is 5. The number of hydrogen-bond donors (Lipinski definition) is 2. The highest BCUT2D eigenvalue weighted by molar-refractivity contribution is 5.92. The number of nitro groups is 1. The molecule has 2 N–H and O–H groups in total. The summed E-state index contributed by atoms with van der Waals surface area (Å²) in [6, 6.07) is 5.76. The van der Waals surface area contributed by atoms with Gasteiger partial charge in [0.1, 0.15) is 0 Å². The molecule has 0 aliphatic rings. The van der Waals surface area contributed by atoms with Gasteiger partial charge in [-0.15, -0.1) is 0 Å². The van der Waals surface area contributed by atoms with Crippen LogP contribution in [-0.2, 0) is 4.79 Å². The molecule has 1 aromatic carbocycles. The zero-order valence-electron chi connectivity index (χ0n) is 11.0. The fourth-order valence-corrected chi connectivity index (χ4v) is 1.49. The van der Waals surface area contributed by atoms with Gasteiger partial charge in [0.15, 0.2) is 0 Å². The van der Waals surface area contributed by atoms with Crippen molar-refractivity contribution < 1.29 is 9.72 Å². The molecule has 0 bridgehead atoms. The first-order valence-corrected chi connectivity index (χ1v) is 5.90. The van der Waals surface area contributed by atoms with Gasteiger partial charge in [-0.2, -0.15) is 0 Å². The number of rotatable bonds is 7. The lowest BCUT2D eigenvalue weighted by atomic mass is 10.3. The van der Waals surface area contributed by atoms with E-state index in [2.05, 4.69) is 10.6 Å². The Labute approximate surface area is 111 Å². The number of likely N-dealkylation sites (N-methyl/N-ethyl adjacent to an activating group) is 2. The van der Waals surface area contributed by atoms with Crippen LogP contribution in [0, 0.1) is 10.1 Å². The molecule has 0 aliphatic heterocycles. The van der Waals surface area contributed by atoms with E-state index in [4.69, 9.17) is 0 Å². The minimum atomic E-state index is -0.475. The van der Waals surface area contributed by atoms with Gasteiger partial charge in [0.25, 0.3) is 5.69 Å². The minimum absolute atomic E-state index is 0.00383. The summed E-state index contributed by atoms with van der Waals surface area (Å²) >= 11 is 0. The van der Waals surface area contributed by atoms with E-state index in [0.29, 0.717) is 5.69 Å². The standard InChI is InChI=1S/C12H18N4O3/c1-13-7-8-15(2)9-12(17)14-10-3-5-11(6-4-10)16(18)19/h3-6,13H,7-9H2,1-2H3,(H,14,17). The van der Waals surface area contributed by atoms with Crippen molar-refractivity contribution in [3.05, 3.63) is 34.4 Å². The maximum absolute atomic E-state index is 11.7. The van der Waals surface area contributed by atoms with E-state index in [1.54, 1.807) is 0 Å². The fraction of sp³-hybridized carbons (Fsp3) is 0.417. The van der Waals surface area contributed by atoms with Gasteiger partial charge >= 0.3 is 0 Å². The molecule has 0 radical (unpaired) electrons. The Hall–Kier alpha value is -1.99. The van der Waals surface area contributed by atoms with Gasteiger partial charge in [-0.25, -0.2) is 0 Å². The van der Waals surface area contributed by atoms with Gasteiger partial charge in [-0.3, -0.25) is 19.8 Å². The molecule has 0 fully saturated rings. The van der Waals surface area contributed by atoms with E-state index < -0.39 is 4.92 Å². The lowest BCUT2D eigenvalue weighted by molar-refractivity contribution is -0.384. The van der Waals surface area contributed by atoms with E-state index in [9.17, 15) is 14.9 Å². The highest BCUT2D eigenvalue weighted by atomic mass is 16.6. The van der Waals surface area contributed by atoms with Gasteiger partial charge in [0.05, 0.1) is 11.5 Å². The van der Waals surface area contributed by atoms with Gasteiger partial charge in [-0.05, 0) is 26.2 Å². The van der Waals surface area contributed by atoms with E-state index >= 15 is 0 Å². The van der Waals surface area contributed by atoms with Crippen LogP contribution in [0.5, 0.6) is 0 Å².